The molecule has 2 N–H and O–H groups in total. The van der Waals surface area contributed by atoms with Gasteiger partial charge in [0, 0.05) is 19.7 Å². The fourth-order valence-corrected chi connectivity index (χ4v) is 3.03. The number of hydrogen-bond acceptors (Lipinski definition) is 4. The van der Waals surface area contributed by atoms with Crippen molar-refractivity contribution >= 4 is 15.9 Å². The minimum atomic E-state index is 0.117. The Morgan fingerprint density at radius 3 is 3.06 bits per heavy atom. The lowest BCUT2D eigenvalue weighted by Gasteiger charge is -2.32. The number of furan rings is 1. The molecule has 0 aromatic carbocycles. The normalized spacial score (nSPS) is 26.2. The van der Waals surface area contributed by atoms with Gasteiger partial charge in [-0.05, 0) is 41.4 Å². The Bertz CT molecular complexity index is 370. The fourth-order valence-electron chi connectivity index (χ4n) is 2.60. The Labute approximate surface area is 117 Å². The molecule has 2 rings (SSSR count). The first-order valence-electron chi connectivity index (χ1n) is 6.45. The van der Waals surface area contributed by atoms with Gasteiger partial charge in [-0.15, -0.1) is 0 Å². The van der Waals surface area contributed by atoms with Gasteiger partial charge in [-0.3, -0.25) is 4.90 Å². The smallest absolute Gasteiger partial charge is 0.136 e. The predicted molar refractivity (Wildman–Crippen MR) is 74.4 cm³/mol. The third kappa shape index (κ3) is 3.15. The molecular weight excluding hydrogens is 296 g/mol. The molecule has 1 aliphatic heterocycles. The van der Waals surface area contributed by atoms with E-state index >= 15 is 0 Å². The number of nitrogens with two attached hydrogens (primary N) is 1. The monoisotopic (exact) mass is 316 g/mol. The summed E-state index contributed by atoms with van der Waals surface area (Å²) in [5.41, 5.74) is 6.34. The highest BCUT2D eigenvalue weighted by Gasteiger charge is 2.32. The molecule has 2 unspecified atom stereocenters. The minimum absolute atomic E-state index is 0.117. The molecule has 102 valence electrons. The SMILES string of the molecule is COCCN1CCCCC(N)C1c1occc1Br. The van der Waals surface area contributed by atoms with Crippen molar-refractivity contribution in [1.29, 1.82) is 0 Å². The van der Waals surface area contributed by atoms with E-state index < -0.39 is 0 Å². The second kappa shape index (κ2) is 6.70. The van der Waals surface area contributed by atoms with Crippen molar-refractivity contribution in [1.82, 2.24) is 4.90 Å². The van der Waals surface area contributed by atoms with Gasteiger partial charge in [-0.1, -0.05) is 6.42 Å². The van der Waals surface area contributed by atoms with Crippen LogP contribution in [0.25, 0.3) is 0 Å². The molecule has 0 spiro atoms. The third-order valence-electron chi connectivity index (χ3n) is 3.53. The van der Waals surface area contributed by atoms with Crippen LogP contribution >= 0.6 is 15.9 Å². The van der Waals surface area contributed by atoms with Crippen molar-refractivity contribution in [3.05, 3.63) is 22.6 Å². The summed E-state index contributed by atoms with van der Waals surface area (Å²) in [5, 5.41) is 0. The van der Waals surface area contributed by atoms with E-state index in [4.69, 9.17) is 14.9 Å². The summed E-state index contributed by atoms with van der Waals surface area (Å²) >= 11 is 3.54. The Kier molecular flexibility index (Phi) is 5.24. The highest BCUT2D eigenvalue weighted by molar-refractivity contribution is 9.10. The molecule has 1 aliphatic rings. The molecule has 2 atom stereocenters. The van der Waals surface area contributed by atoms with Gasteiger partial charge in [0.25, 0.3) is 0 Å². The second-order valence-electron chi connectivity index (χ2n) is 4.77. The van der Waals surface area contributed by atoms with Gasteiger partial charge in [-0.2, -0.15) is 0 Å². The van der Waals surface area contributed by atoms with E-state index in [0.717, 1.165) is 36.4 Å². The summed E-state index contributed by atoms with van der Waals surface area (Å²) in [4.78, 5) is 2.38. The van der Waals surface area contributed by atoms with E-state index in [9.17, 15) is 0 Å². The zero-order valence-electron chi connectivity index (χ0n) is 10.8. The highest BCUT2D eigenvalue weighted by Crippen LogP contribution is 2.34. The van der Waals surface area contributed by atoms with E-state index in [1.807, 2.05) is 6.07 Å². The van der Waals surface area contributed by atoms with Crippen LogP contribution in [0.3, 0.4) is 0 Å². The summed E-state index contributed by atoms with van der Waals surface area (Å²) in [6, 6.07) is 2.19. The molecule has 0 aliphatic carbocycles. The number of halogens is 1. The maximum atomic E-state index is 6.34. The standard InChI is InChI=1S/C13H21BrN2O2/c1-17-9-7-16-6-3-2-4-11(15)12(16)13-10(14)5-8-18-13/h5,8,11-12H,2-4,6-7,9,15H2,1H3. The first-order valence-corrected chi connectivity index (χ1v) is 7.24. The summed E-state index contributed by atoms with van der Waals surface area (Å²) in [6.45, 7) is 2.67. The molecule has 2 heterocycles. The van der Waals surface area contributed by atoms with Crippen LogP contribution < -0.4 is 5.73 Å². The second-order valence-corrected chi connectivity index (χ2v) is 5.62. The van der Waals surface area contributed by atoms with Crippen LogP contribution in [0.5, 0.6) is 0 Å². The number of hydrogen-bond donors (Lipinski definition) is 1. The number of nitrogens with zero attached hydrogens (tertiary/aromatic N) is 1. The molecule has 1 fully saturated rings. The molecule has 1 aromatic rings. The van der Waals surface area contributed by atoms with Crippen molar-refractivity contribution in [3.63, 3.8) is 0 Å². The van der Waals surface area contributed by atoms with Crippen LogP contribution in [-0.2, 0) is 4.74 Å². The molecule has 4 nitrogen and oxygen atoms in total. The van der Waals surface area contributed by atoms with Crippen LogP contribution in [0.1, 0.15) is 31.1 Å². The Hall–Kier alpha value is -0.360. The zero-order chi connectivity index (χ0) is 13.0. The van der Waals surface area contributed by atoms with Crippen LogP contribution in [-0.4, -0.2) is 37.7 Å². The lowest BCUT2D eigenvalue weighted by atomic mass is 10.0. The average molecular weight is 317 g/mol. The Morgan fingerprint density at radius 2 is 2.39 bits per heavy atom. The summed E-state index contributed by atoms with van der Waals surface area (Å²) in [7, 11) is 1.73. The molecule has 18 heavy (non-hydrogen) atoms. The van der Waals surface area contributed by atoms with Crippen LogP contribution in [0.2, 0.25) is 0 Å². The molecule has 1 aromatic heterocycles. The van der Waals surface area contributed by atoms with Crippen molar-refractivity contribution in [2.45, 2.75) is 31.3 Å². The first-order chi connectivity index (χ1) is 8.74. The molecule has 0 radical (unpaired) electrons. The topological polar surface area (TPSA) is 51.6 Å². The largest absolute Gasteiger partial charge is 0.466 e. The number of methoxy groups -OCH3 is 1. The summed E-state index contributed by atoms with van der Waals surface area (Å²) in [5.74, 6) is 0.945. The number of rotatable bonds is 4. The van der Waals surface area contributed by atoms with Gasteiger partial charge in [0.1, 0.15) is 5.76 Å². The van der Waals surface area contributed by atoms with E-state index in [1.54, 1.807) is 13.4 Å². The van der Waals surface area contributed by atoms with Gasteiger partial charge >= 0.3 is 0 Å². The molecular formula is C13H21BrN2O2. The average Bonchev–Trinajstić information content (AvgIpc) is 2.68. The van der Waals surface area contributed by atoms with Crippen LogP contribution in [0, 0.1) is 0 Å². The molecule has 1 saturated heterocycles. The first kappa shape index (κ1) is 14.1. The Balaban J connectivity index is 2.20. The van der Waals surface area contributed by atoms with Crippen molar-refractivity contribution < 1.29 is 9.15 Å². The highest BCUT2D eigenvalue weighted by atomic mass is 79.9. The van der Waals surface area contributed by atoms with Gasteiger partial charge in [0.2, 0.25) is 0 Å². The van der Waals surface area contributed by atoms with E-state index in [1.165, 1.54) is 12.8 Å². The maximum Gasteiger partial charge on any atom is 0.136 e. The van der Waals surface area contributed by atoms with E-state index in [-0.39, 0.29) is 12.1 Å². The molecule has 0 saturated carbocycles. The number of ether oxygens (including phenoxy) is 1. The molecule has 0 bridgehead atoms. The van der Waals surface area contributed by atoms with Crippen LogP contribution in [0.15, 0.2) is 21.2 Å². The van der Waals surface area contributed by atoms with E-state index in [0.29, 0.717) is 0 Å². The Morgan fingerprint density at radius 1 is 1.56 bits per heavy atom. The fraction of sp³-hybridized carbons (Fsp3) is 0.692. The molecule has 0 amide bonds. The van der Waals surface area contributed by atoms with Gasteiger partial charge < -0.3 is 14.9 Å². The van der Waals surface area contributed by atoms with Crippen molar-refractivity contribution in [2.24, 2.45) is 5.73 Å². The maximum absolute atomic E-state index is 6.34. The minimum Gasteiger partial charge on any atom is -0.466 e. The summed E-state index contributed by atoms with van der Waals surface area (Å²) in [6.07, 6.45) is 5.12. The predicted octanol–water partition coefficient (Wildman–Crippen LogP) is 2.54. The van der Waals surface area contributed by atoms with Crippen molar-refractivity contribution in [3.8, 4) is 0 Å². The quantitative estimate of drug-likeness (QED) is 0.927. The van der Waals surface area contributed by atoms with Gasteiger partial charge in [-0.25, -0.2) is 0 Å². The summed E-state index contributed by atoms with van der Waals surface area (Å²) < 4.78 is 11.8. The lowest BCUT2D eigenvalue weighted by molar-refractivity contribution is 0.105. The zero-order valence-corrected chi connectivity index (χ0v) is 12.4. The van der Waals surface area contributed by atoms with Gasteiger partial charge in [0.05, 0.1) is 23.4 Å². The lowest BCUT2D eigenvalue weighted by Crippen LogP contribution is -2.41. The van der Waals surface area contributed by atoms with E-state index in [2.05, 4.69) is 20.8 Å². The van der Waals surface area contributed by atoms with Crippen molar-refractivity contribution in [2.75, 3.05) is 26.8 Å². The van der Waals surface area contributed by atoms with Crippen LogP contribution in [0.4, 0.5) is 0 Å². The molecule has 5 heteroatoms. The van der Waals surface area contributed by atoms with Gasteiger partial charge in [0.15, 0.2) is 0 Å². The third-order valence-corrected chi connectivity index (χ3v) is 4.18. The number of likely N-dealkylation sites (tertiary alicyclic amines) is 1.